The normalized spacial score (nSPS) is 15.6. The molecule has 0 saturated carbocycles. The van der Waals surface area contributed by atoms with E-state index >= 15 is 0 Å². The van der Waals surface area contributed by atoms with E-state index in [0.717, 1.165) is 32.6 Å². The van der Waals surface area contributed by atoms with Crippen molar-refractivity contribution >= 4 is 27.2 Å². The van der Waals surface area contributed by atoms with Crippen molar-refractivity contribution in [2.24, 2.45) is 0 Å². The lowest BCUT2D eigenvalue weighted by Gasteiger charge is -2.38. The Bertz CT molecular complexity index is 1120. The minimum Gasteiger partial charge on any atom is -0.369 e. The second-order valence-corrected chi connectivity index (χ2v) is 10.7. The Labute approximate surface area is 191 Å². The first-order valence-electron chi connectivity index (χ1n) is 11.7. The van der Waals surface area contributed by atoms with Gasteiger partial charge >= 0.3 is 0 Å². The van der Waals surface area contributed by atoms with E-state index in [0.29, 0.717) is 12.0 Å². The molecule has 0 radical (unpaired) electrons. The number of hydrogen-bond donors (Lipinski definition) is 0. The summed E-state index contributed by atoms with van der Waals surface area (Å²) in [4.78, 5) is 11.7. The Morgan fingerprint density at radius 1 is 1.00 bits per heavy atom. The van der Waals surface area contributed by atoms with Gasteiger partial charge in [0.05, 0.1) is 20.8 Å². The number of aryl methyl sites for hydroxylation is 1. The number of rotatable bonds is 4. The van der Waals surface area contributed by atoms with Crippen molar-refractivity contribution < 1.29 is 0 Å². The van der Waals surface area contributed by atoms with Crippen molar-refractivity contribution in [2.45, 2.75) is 53.0 Å². The van der Waals surface area contributed by atoms with Gasteiger partial charge < -0.3 is 4.90 Å². The Kier molecular flexibility index (Phi) is 6.36. The van der Waals surface area contributed by atoms with Crippen LogP contribution in [-0.2, 0) is 6.42 Å². The van der Waals surface area contributed by atoms with E-state index in [-0.39, 0.29) is 0 Å². The Hall–Kier alpha value is -1.98. The van der Waals surface area contributed by atoms with Crippen LogP contribution in [0.1, 0.15) is 51.7 Å². The van der Waals surface area contributed by atoms with Crippen LogP contribution >= 0.6 is 11.3 Å². The molecule has 5 heteroatoms. The molecule has 3 aliphatic rings. The molecule has 1 aromatic carbocycles. The molecule has 0 atom stereocenters. The van der Waals surface area contributed by atoms with E-state index in [4.69, 9.17) is 4.98 Å². The van der Waals surface area contributed by atoms with Crippen molar-refractivity contribution in [2.75, 3.05) is 45.2 Å². The molecule has 0 N–H and O–H groups in total. The van der Waals surface area contributed by atoms with Crippen LogP contribution in [-0.4, -0.2) is 56.2 Å². The van der Waals surface area contributed by atoms with Crippen LogP contribution in [0.4, 0.5) is 5.69 Å². The summed E-state index contributed by atoms with van der Waals surface area (Å²) < 4.78 is 3.50. The number of anilines is 1. The van der Waals surface area contributed by atoms with Gasteiger partial charge in [0.25, 0.3) is 0 Å². The van der Waals surface area contributed by atoms with Crippen LogP contribution in [0.3, 0.4) is 0 Å². The summed E-state index contributed by atoms with van der Waals surface area (Å²) in [6.45, 7) is 15.9. The summed E-state index contributed by atoms with van der Waals surface area (Å²) in [7, 11) is 4.24. The SMILES string of the molecule is CCc1cc(N2CCN(C(C)C)CC2)cc2sc3cc(=[N+](C)C)cc(C(C)C)c-3nc12. The number of piperazine rings is 1. The highest BCUT2D eigenvalue weighted by molar-refractivity contribution is 7.21. The molecule has 0 unspecified atom stereocenters. The number of hydrogen-bond acceptors (Lipinski definition) is 4. The van der Waals surface area contributed by atoms with Crippen LogP contribution < -0.4 is 14.8 Å². The van der Waals surface area contributed by atoms with Crippen LogP contribution in [0.25, 0.3) is 20.8 Å². The zero-order valence-corrected chi connectivity index (χ0v) is 21.0. The van der Waals surface area contributed by atoms with Crippen molar-refractivity contribution in [3.05, 3.63) is 40.7 Å². The number of nitrogens with zero attached hydrogens (tertiary/aromatic N) is 4. The molecule has 2 heterocycles. The predicted molar refractivity (Wildman–Crippen MR) is 136 cm³/mol. The van der Waals surface area contributed by atoms with E-state index in [1.54, 1.807) is 0 Å². The molecule has 4 nitrogen and oxygen atoms in total. The van der Waals surface area contributed by atoms with Gasteiger partial charge in [0.1, 0.15) is 14.1 Å². The maximum atomic E-state index is 5.26. The van der Waals surface area contributed by atoms with Gasteiger partial charge in [-0.05, 0) is 49.4 Å². The van der Waals surface area contributed by atoms with Crippen molar-refractivity contribution in [1.29, 1.82) is 0 Å². The fourth-order valence-corrected chi connectivity index (χ4v) is 5.67. The first-order chi connectivity index (χ1) is 14.8. The summed E-state index contributed by atoms with van der Waals surface area (Å²) in [6, 6.07) is 10.0. The molecular formula is C26H37N4S+. The van der Waals surface area contributed by atoms with Gasteiger partial charge in [-0.3, -0.25) is 4.90 Å². The molecule has 4 rings (SSSR count). The topological polar surface area (TPSA) is 22.4 Å². The minimum atomic E-state index is 0.446. The lowest BCUT2D eigenvalue weighted by Crippen LogP contribution is -2.48. The highest BCUT2D eigenvalue weighted by Crippen LogP contribution is 2.37. The van der Waals surface area contributed by atoms with Crippen molar-refractivity contribution in [3.63, 3.8) is 0 Å². The summed E-state index contributed by atoms with van der Waals surface area (Å²) in [5.74, 6) is 0.446. The molecule has 0 bridgehead atoms. The van der Waals surface area contributed by atoms with Crippen LogP contribution in [0.5, 0.6) is 0 Å². The van der Waals surface area contributed by atoms with E-state index < -0.39 is 0 Å². The fraction of sp³-hybridized carbons (Fsp3) is 0.538. The summed E-state index contributed by atoms with van der Waals surface area (Å²) >= 11 is 1.90. The molecule has 0 amide bonds. The van der Waals surface area contributed by atoms with Gasteiger partial charge in [-0.1, -0.05) is 20.8 Å². The Morgan fingerprint density at radius 2 is 1.71 bits per heavy atom. The maximum absolute atomic E-state index is 5.26. The summed E-state index contributed by atoms with van der Waals surface area (Å²) in [6.07, 6.45) is 1.01. The zero-order valence-electron chi connectivity index (χ0n) is 20.2. The second kappa shape index (κ2) is 8.87. The lowest BCUT2D eigenvalue weighted by atomic mass is 9.98. The Morgan fingerprint density at radius 3 is 2.29 bits per heavy atom. The monoisotopic (exact) mass is 437 g/mol. The second-order valence-electron chi connectivity index (χ2n) is 9.57. The van der Waals surface area contributed by atoms with Gasteiger partial charge in [-0.25, -0.2) is 9.56 Å². The third-order valence-electron chi connectivity index (χ3n) is 6.60. The van der Waals surface area contributed by atoms with E-state index in [1.165, 1.54) is 43.0 Å². The molecule has 1 aromatic rings. The lowest BCUT2D eigenvalue weighted by molar-refractivity contribution is 0.209. The average Bonchev–Trinajstić information content (AvgIpc) is 2.75. The van der Waals surface area contributed by atoms with Crippen molar-refractivity contribution in [1.82, 2.24) is 14.5 Å². The molecule has 1 fully saturated rings. The third kappa shape index (κ3) is 4.35. The van der Waals surface area contributed by atoms with Gasteiger partial charge in [-0.2, -0.15) is 0 Å². The van der Waals surface area contributed by atoms with Gasteiger partial charge in [0.15, 0.2) is 0 Å². The number of fused-ring (bicyclic) bond motifs is 2. The van der Waals surface area contributed by atoms with Gasteiger partial charge in [-0.15, -0.1) is 11.3 Å². The van der Waals surface area contributed by atoms with E-state index in [9.17, 15) is 0 Å². The zero-order chi connectivity index (χ0) is 22.3. The molecule has 0 spiro atoms. The first kappa shape index (κ1) is 22.2. The summed E-state index contributed by atoms with van der Waals surface area (Å²) in [5, 5.41) is 1.25. The quantitative estimate of drug-likeness (QED) is 0.438. The minimum absolute atomic E-state index is 0.446. The predicted octanol–water partition coefficient (Wildman–Crippen LogP) is 4.65. The van der Waals surface area contributed by atoms with Crippen LogP contribution in [0.2, 0.25) is 0 Å². The highest BCUT2D eigenvalue weighted by Gasteiger charge is 2.22. The van der Waals surface area contributed by atoms with E-state index in [2.05, 4.69) is 87.4 Å². The highest BCUT2D eigenvalue weighted by atomic mass is 32.1. The largest absolute Gasteiger partial charge is 0.369 e. The summed E-state index contributed by atoms with van der Waals surface area (Å²) in [5.41, 5.74) is 6.42. The third-order valence-corrected chi connectivity index (χ3v) is 7.66. The number of aromatic nitrogens is 1. The number of benzene rings is 2. The van der Waals surface area contributed by atoms with E-state index in [1.807, 2.05) is 11.3 Å². The first-order valence-corrected chi connectivity index (χ1v) is 12.5. The molecular weight excluding hydrogens is 400 g/mol. The standard InChI is InChI=1S/C26H37N4S/c1-8-19-13-21(30-11-9-29(10-12-30)18(4)5)16-23-25(19)27-26-22(17(2)3)14-20(28(6)7)15-24(26)31-23/h13-18H,8-12H2,1-7H3/q+1. The van der Waals surface area contributed by atoms with Gasteiger partial charge in [0.2, 0.25) is 5.36 Å². The average molecular weight is 438 g/mol. The van der Waals surface area contributed by atoms with Crippen LogP contribution in [0.15, 0.2) is 24.3 Å². The van der Waals surface area contributed by atoms with Crippen molar-refractivity contribution in [3.8, 4) is 10.6 Å². The smallest absolute Gasteiger partial charge is 0.201 e. The molecule has 166 valence electrons. The maximum Gasteiger partial charge on any atom is 0.201 e. The van der Waals surface area contributed by atoms with Gasteiger partial charge in [0, 0.05) is 50.0 Å². The molecule has 0 aromatic heterocycles. The molecule has 1 aliphatic carbocycles. The molecule has 2 aliphatic heterocycles. The Balaban J connectivity index is 1.86. The van der Waals surface area contributed by atoms with Crippen LogP contribution in [0, 0.1) is 0 Å². The molecule has 1 saturated heterocycles. The fourth-order valence-electron chi connectivity index (χ4n) is 4.54. The molecule has 31 heavy (non-hydrogen) atoms.